The molecule has 142 valence electrons. The Hall–Kier alpha value is -1.19. The van der Waals surface area contributed by atoms with Crippen LogP contribution in [0.15, 0.2) is 29.2 Å². The molecule has 0 aromatic heterocycles. The summed E-state index contributed by atoms with van der Waals surface area (Å²) >= 11 is 0. The zero-order valence-corrected chi connectivity index (χ0v) is 16.1. The minimum Gasteiger partial charge on any atom is -0.383 e. The fourth-order valence-electron chi connectivity index (χ4n) is 2.92. The molecule has 1 heterocycles. The van der Waals surface area contributed by atoms with E-state index in [0.717, 1.165) is 6.42 Å². The highest BCUT2D eigenvalue weighted by atomic mass is 35.5. The van der Waals surface area contributed by atoms with Crippen LogP contribution in [-0.2, 0) is 14.8 Å². The van der Waals surface area contributed by atoms with E-state index in [1.54, 1.807) is 17.0 Å². The molecule has 1 saturated heterocycles. The molecule has 1 fully saturated rings. The van der Waals surface area contributed by atoms with Crippen LogP contribution in [0.4, 0.5) is 0 Å². The van der Waals surface area contributed by atoms with Crippen molar-refractivity contribution in [1.29, 1.82) is 0 Å². The summed E-state index contributed by atoms with van der Waals surface area (Å²) in [5.74, 6) is 0.138. The van der Waals surface area contributed by atoms with Gasteiger partial charge in [0, 0.05) is 31.8 Å². The molecule has 1 aliphatic rings. The Kier molecular flexibility index (Phi) is 8.30. The van der Waals surface area contributed by atoms with Crippen LogP contribution in [0.5, 0.6) is 0 Å². The highest BCUT2D eigenvalue weighted by Crippen LogP contribution is 2.24. The first-order chi connectivity index (χ1) is 11.4. The number of nitrogens with zero attached hydrogens (tertiary/aromatic N) is 1. The topological polar surface area (TPSA) is 102 Å². The van der Waals surface area contributed by atoms with Crippen molar-refractivity contribution in [2.45, 2.75) is 24.3 Å². The van der Waals surface area contributed by atoms with E-state index in [1.165, 1.54) is 19.2 Å². The van der Waals surface area contributed by atoms with Crippen molar-refractivity contribution in [3.05, 3.63) is 29.8 Å². The first-order valence-corrected chi connectivity index (χ1v) is 9.47. The lowest BCUT2D eigenvalue weighted by Crippen LogP contribution is -2.34. The molecule has 1 aromatic carbocycles. The third-order valence-electron chi connectivity index (χ3n) is 4.25. The minimum atomic E-state index is -3.66. The largest absolute Gasteiger partial charge is 0.383 e. The van der Waals surface area contributed by atoms with Crippen LogP contribution in [0, 0.1) is 5.92 Å². The van der Waals surface area contributed by atoms with E-state index in [2.05, 4.69) is 4.72 Å². The third kappa shape index (κ3) is 5.39. The Bertz CT molecular complexity index is 684. The average molecular weight is 392 g/mol. The smallest absolute Gasteiger partial charge is 0.254 e. The quantitative estimate of drug-likeness (QED) is 0.670. The fourth-order valence-corrected chi connectivity index (χ4v) is 3.98. The standard InChI is InChI=1S/C16H25N3O4S.ClH/c1-12-8-13(10-17)11-19(12)16(20)14-4-3-5-15(9-14)24(21,22)18-6-7-23-2;/h3-5,9,12-13,18H,6-8,10-11,17H2,1-2H3;1H. The molecule has 9 heteroatoms. The Morgan fingerprint density at radius 1 is 1.44 bits per heavy atom. The molecular weight excluding hydrogens is 366 g/mol. The van der Waals surface area contributed by atoms with E-state index >= 15 is 0 Å². The zero-order chi connectivity index (χ0) is 17.7. The van der Waals surface area contributed by atoms with Crippen molar-refractivity contribution >= 4 is 28.3 Å². The summed E-state index contributed by atoms with van der Waals surface area (Å²) in [6.07, 6.45) is 0.874. The van der Waals surface area contributed by atoms with E-state index < -0.39 is 10.0 Å². The maximum absolute atomic E-state index is 12.7. The number of ether oxygens (including phenoxy) is 1. The van der Waals surface area contributed by atoms with Crippen LogP contribution < -0.4 is 10.5 Å². The Morgan fingerprint density at radius 3 is 2.76 bits per heavy atom. The van der Waals surface area contributed by atoms with Crippen LogP contribution in [0.2, 0.25) is 0 Å². The average Bonchev–Trinajstić information content (AvgIpc) is 2.95. The van der Waals surface area contributed by atoms with Gasteiger partial charge in [0.15, 0.2) is 0 Å². The van der Waals surface area contributed by atoms with Crippen molar-refractivity contribution in [3.8, 4) is 0 Å². The number of likely N-dealkylation sites (tertiary alicyclic amines) is 1. The normalized spacial score (nSPS) is 20.4. The third-order valence-corrected chi connectivity index (χ3v) is 5.70. The summed E-state index contributed by atoms with van der Waals surface area (Å²) < 4.78 is 31.8. The van der Waals surface area contributed by atoms with Crippen molar-refractivity contribution in [2.24, 2.45) is 11.7 Å². The molecule has 7 nitrogen and oxygen atoms in total. The van der Waals surface area contributed by atoms with Gasteiger partial charge in [-0.15, -0.1) is 12.4 Å². The highest BCUT2D eigenvalue weighted by molar-refractivity contribution is 7.89. The summed E-state index contributed by atoms with van der Waals surface area (Å²) in [6.45, 7) is 3.61. The molecule has 3 N–H and O–H groups in total. The van der Waals surface area contributed by atoms with Crippen molar-refractivity contribution in [3.63, 3.8) is 0 Å². The van der Waals surface area contributed by atoms with Gasteiger partial charge in [-0.25, -0.2) is 13.1 Å². The Morgan fingerprint density at radius 2 is 2.16 bits per heavy atom. The predicted molar refractivity (Wildman–Crippen MR) is 98.4 cm³/mol. The van der Waals surface area contributed by atoms with Crippen molar-refractivity contribution in [2.75, 3.05) is 33.4 Å². The second-order valence-corrected chi connectivity index (χ2v) is 7.83. The summed E-state index contributed by atoms with van der Waals surface area (Å²) in [6, 6.07) is 6.21. The number of nitrogens with two attached hydrogens (primary N) is 1. The van der Waals surface area contributed by atoms with Gasteiger partial charge in [-0.05, 0) is 44.0 Å². The zero-order valence-electron chi connectivity index (χ0n) is 14.5. The molecule has 1 aromatic rings. The Labute approximate surface area is 155 Å². The summed E-state index contributed by atoms with van der Waals surface area (Å²) in [4.78, 5) is 14.5. The monoisotopic (exact) mass is 391 g/mol. The number of carbonyl (C=O) groups is 1. The molecule has 0 spiro atoms. The van der Waals surface area contributed by atoms with Crippen molar-refractivity contribution in [1.82, 2.24) is 9.62 Å². The number of amides is 1. The van der Waals surface area contributed by atoms with E-state index in [4.69, 9.17) is 10.5 Å². The fraction of sp³-hybridized carbons (Fsp3) is 0.562. The second-order valence-electron chi connectivity index (χ2n) is 6.06. The molecule has 0 saturated carbocycles. The summed E-state index contributed by atoms with van der Waals surface area (Å²) in [5, 5.41) is 0. The number of benzene rings is 1. The van der Waals surface area contributed by atoms with Gasteiger partial charge in [0.2, 0.25) is 10.0 Å². The molecule has 0 aliphatic carbocycles. The predicted octanol–water partition coefficient (Wildman–Crippen LogP) is 0.842. The van der Waals surface area contributed by atoms with Crippen LogP contribution in [0.25, 0.3) is 0 Å². The minimum absolute atomic E-state index is 0. The molecule has 0 radical (unpaired) electrons. The van der Waals surface area contributed by atoms with E-state index in [-0.39, 0.29) is 42.4 Å². The van der Waals surface area contributed by atoms with Crippen LogP contribution >= 0.6 is 12.4 Å². The number of carbonyl (C=O) groups excluding carboxylic acids is 1. The van der Waals surface area contributed by atoms with Crippen molar-refractivity contribution < 1.29 is 17.9 Å². The maximum atomic E-state index is 12.7. The number of rotatable bonds is 7. The van der Waals surface area contributed by atoms with E-state index in [1.807, 2.05) is 6.92 Å². The lowest BCUT2D eigenvalue weighted by Gasteiger charge is -2.22. The lowest BCUT2D eigenvalue weighted by atomic mass is 10.1. The van der Waals surface area contributed by atoms with Gasteiger partial charge in [0.1, 0.15) is 0 Å². The number of halogens is 1. The van der Waals surface area contributed by atoms with Gasteiger partial charge in [-0.1, -0.05) is 6.07 Å². The molecule has 0 bridgehead atoms. The molecule has 2 atom stereocenters. The van der Waals surface area contributed by atoms with Gasteiger partial charge < -0.3 is 15.4 Å². The second kappa shape index (κ2) is 9.49. The molecular formula is C16H26ClN3O4S. The number of hydrogen-bond donors (Lipinski definition) is 2. The molecule has 1 amide bonds. The maximum Gasteiger partial charge on any atom is 0.254 e. The van der Waals surface area contributed by atoms with Crippen LogP contribution in [-0.4, -0.2) is 58.6 Å². The number of nitrogens with one attached hydrogen (secondary N) is 1. The molecule has 2 unspecified atom stereocenters. The van der Waals surface area contributed by atoms with Crippen LogP contribution in [0.3, 0.4) is 0 Å². The molecule has 1 aliphatic heterocycles. The van der Waals surface area contributed by atoms with E-state index in [0.29, 0.717) is 24.6 Å². The molecule has 25 heavy (non-hydrogen) atoms. The van der Waals surface area contributed by atoms with Gasteiger partial charge in [0.05, 0.1) is 11.5 Å². The first-order valence-electron chi connectivity index (χ1n) is 7.98. The lowest BCUT2D eigenvalue weighted by molar-refractivity contribution is 0.0743. The number of methoxy groups -OCH3 is 1. The van der Waals surface area contributed by atoms with Crippen LogP contribution in [0.1, 0.15) is 23.7 Å². The van der Waals surface area contributed by atoms with Gasteiger partial charge in [0.25, 0.3) is 5.91 Å². The number of sulfonamides is 1. The van der Waals surface area contributed by atoms with Gasteiger partial charge >= 0.3 is 0 Å². The highest BCUT2D eigenvalue weighted by Gasteiger charge is 2.32. The van der Waals surface area contributed by atoms with Gasteiger partial charge in [-0.3, -0.25) is 4.79 Å². The molecule has 2 rings (SSSR count). The summed E-state index contributed by atoms with van der Waals surface area (Å²) in [7, 11) is -2.16. The van der Waals surface area contributed by atoms with Gasteiger partial charge in [-0.2, -0.15) is 0 Å². The van der Waals surface area contributed by atoms with E-state index in [9.17, 15) is 13.2 Å². The number of hydrogen-bond acceptors (Lipinski definition) is 5. The summed E-state index contributed by atoms with van der Waals surface area (Å²) in [5.41, 5.74) is 6.07. The SMILES string of the molecule is COCCNS(=O)(=O)c1cccc(C(=O)N2CC(CN)CC2C)c1.Cl. The Balaban J connectivity index is 0.00000312. The first kappa shape index (κ1) is 21.9.